The maximum absolute atomic E-state index is 13.8. The summed E-state index contributed by atoms with van der Waals surface area (Å²) in [7, 11) is 1.85. The highest BCUT2D eigenvalue weighted by atomic mass is 35.5. The number of halogens is 2. The summed E-state index contributed by atoms with van der Waals surface area (Å²) < 4.78 is 17.4. The van der Waals surface area contributed by atoms with Crippen LogP contribution >= 0.6 is 11.6 Å². The van der Waals surface area contributed by atoms with Gasteiger partial charge in [0.25, 0.3) is 0 Å². The van der Waals surface area contributed by atoms with E-state index < -0.39 is 0 Å². The van der Waals surface area contributed by atoms with Gasteiger partial charge < -0.3 is 0 Å². The maximum atomic E-state index is 13.8. The Hall–Kier alpha value is -1.88. The van der Waals surface area contributed by atoms with Crippen LogP contribution in [0.1, 0.15) is 17.1 Å². The Kier molecular flexibility index (Phi) is 3.01. The third kappa shape index (κ3) is 1.73. The van der Waals surface area contributed by atoms with Crippen molar-refractivity contribution in [3.05, 3.63) is 41.1 Å². The minimum Gasteiger partial charge on any atom is -0.280 e. The average Bonchev–Trinajstić information content (AvgIpc) is 2.92. The Morgan fingerprint density at radius 3 is 2.75 bits per heavy atom. The van der Waals surface area contributed by atoms with E-state index in [1.54, 1.807) is 17.7 Å². The van der Waals surface area contributed by atoms with Gasteiger partial charge >= 0.3 is 0 Å². The van der Waals surface area contributed by atoms with Gasteiger partial charge in [-0.15, -0.1) is 11.6 Å². The van der Waals surface area contributed by atoms with E-state index in [1.807, 2.05) is 24.6 Å². The molecular formula is C14H14ClFN4. The van der Waals surface area contributed by atoms with Crippen LogP contribution in [-0.2, 0) is 12.9 Å². The van der Waals surface area contributed by atoms with Crippen LogP contribution in [0, 0.1) is 19.7 Å². The van der Waals surface area contributed by atoms with E-state index >= 15 is 0 Å². The molecule has 0 aliphatic heterocycles. The van der Waals surface area contributed by atoms with Crippen LogP contribution in [-0.4, -0.2) is 19.3 Å². The van der Waals surface area contributed by atoms with E-state index in [0.717, 1.165) is 22.5 Å². The molecule has 0 amide bonds. The SMILES string of the molecule is Cc1c(F)cccc1-n1c(CCl)nc2c(C)nn(C)c21. The molecule has 4 nitrogen and oxygen atoms in total. The molecule has 2 heterocycles. The first-order valence-corrected chi connectivity index (χ1v) is 6.80. The number of fused-ring (bicyclic) bond motifs is 1. The molecule has 6 heteroatoms. The summed E-state index contributed by atoms with van der Waals surface area (Å²) in [5.74, 6) is 0.694. The minimum absolute atomic E-state index is 0.247. The molecule has 20 heavy (non-hydrogen) atoms. The van der Waals surface area contributed by atoms with Crippen LogP contribution < -0.4 is 0 Å². The summed E-state index contributed by atoms with van der Waals surface area (Å²) in [5.41, 5.74) is 3.77. The zero-order valence-electron chi connectivity index (χ0n) is 11.5. The average molecular weight is 293 g/mol. The molecule has 1 aromatic carbocycles. The molecule has 0 N–H and O–H groups in total. The third-order valence-corrected chi connectivity index (χ3v) is 3.71. The van der Waals surface area contributed by atoms with Crippen LogP contribution in [0.15, 0.2) is 18.2 Å². The normalized spacial score (nSPS) is 11.4. The number of alkyl halides is 1. The van der Waals surface area contributed by atoms with Crippen molar-refractivity contribution in [3.63, 3.8) is 0 Å². The second-order valence-corrected chi connectivity index (χ2v) is 5.03. The molecule has 0 aliphatic rings. The Labute approximate surface area is 120 Å². The molecule has 0 aliphatic carbocycles. The summed E-state index contributed by atoms with van der Waals surface area (Å²) in [6.45, 7) is 3.65. The molecule has 0 saturated carbocycles. The number of aromatic nitrogens is 4. The first-order valence-electron chi connectivity index (χ1n) is 6.27. The summed E-state index contributed by atoms with van der Waals surface area (Å²) >= 11 is 6.00. The molecule has 104 valence electrons. The van der Waals surface area contributed by atoms with Gasteiger partial charge in [0.15, 0.2) is 5.65 Å². The van der Waals surface area contributed by atoms with Crippen LogP contribution in [0.5, 0.6) is 0 Å². The fraction of sp³-hybridized carbons (Fsp3) is 0.286. The highest BCUT2D eigenvalue weighted by Gasteiger charge is 2.19. The molecule has 0 saturated heterocycles. The van der Waals surface area contributed by atoms with Crippen molar-refractivity contribution >= 4 is 22.8 Å². The molecule has 3 rings (SSSR count). The second kappa shape index (κ2) is 4.59. The number of benzene rings is 1. The van der Waals surface area contributed by atoms with E-state index in [2.05, 4.69) is 10.1 Å². The second-order valence-electron chi connectivity index (χ2n) is 4.76. The monoisotopic (exact) mass is 292 g/mol. The van der Waals surface area contributed by atoms with Crippen molar-refractivity contribution in [1.29, 1.82) is 0 Å². The number of nitrogens with zero attached hydrogens (tertiary/aromatic N) is 4. The van der Waals surface area contributed by atoms with E-state index in [4.69, 9.17) is 11.6 Å². The maximum Gasteiger partial charge on any atom is 0.163 e. The number of hydrogen-bond acceptors (Lipinski definition) is 2. The Morgan fingerprint density at radius 1 is 1.30 bits per heavy atom. The van der Waals surface area contributed by atoms with Gasteiger partial charge in [0.1, 0.15) is 17.2 Å². The third-order valence-electron chi connectivity index (χ3n) is 3.47. The summed E-state index contributed by atoms with van der Waals surface area (Å²) in [6, 6.07) is 4.99. The lowest BCUT2D eigenvalue weighted by Crippen LogP contribution is -2.06. The fourth-order valence-electron chi connectivity index (χ4n) is 2.50. The van der Waals surface area contributed by atoms with Gasteiger partial charge in [-0.3, -0.25) is 4.57 Å². The molecule has 0 atom stereocenters. The van der Waals surface area contributed by atoms with Gasteiger partial charge in [-0.2, -0.15) is 5.10 Å². The molecule has 0 bridgehead atoms. The number of rotatable bonds is 2. The van der Waals surface area contributed by atoms with Crippen molar-refractivity contribution in [3.8, 4) is 5.69 Å². The summed E-state index contributed by atoms with van der Waals surface area (Å²) in [6.07, 6.45) is 0. The topological polar surface area (TPSA) is 35.6 Å². The van der Waals surface area contributed by atoms with Gasteiger partial charge in [-0.1, -0.05) is 6.07 Å². The van der Waals surface area contributed by atoms with Crippen molar-refractivity contribution < 1.29 is 4.39 Å². The molecule has 0 fully saturated rings. The zero-order chi connectivity index (χ0) is 14.4. The van der Waals surface area contributed by atoms with E-state index in [-0.39, 0.29) is 11.7 Å². The lowest BCUT2D eigenvalue weighted by Gasteiger charge is -2.11. The van der Waals surface area contributed by atoms with Gasteiger partial charge in [0.05, 0.1) is 17.3 Å². The molecule has 3 aromatic rings. The molecular weight excluding hydrogens is 279 g/mol. The lowest BCUT2D eigenvalue weighted by atomic mass is 10.2. The van der Waals surface area contributed by atoms with Crippen molar-refractivity contribution in [1.82, 2.24) is 19.3 Å². The Bertz CT molecular complexity index is 803. The van der Waals surface area contributed by atoms with Crippen LogP contribution in [0.4, 0.5) is 4.39 Å². The van der Waals surface area contributed by atoms with Gasteiger partial charge in [0, 0.05) is 12.6 Å². The highest BCUT2D eigenvalue weighted by molar-refractivity contribution is 6.17. The molecule has 0 spiro atoms. The highest BCUT2D eigenvalue weighted by Crippen LogP contribution is 2.27. The Morgan fingerprint density at radius 2 is 2.05 bits per heavy atom. The van der Waals surface area contributed by atoms with E-state index in [1.165, 1.54) is 6.07 Å². The quantitative estimate of drug-likeness (QED) is 0.680. The number of aryl methyl sites for hydroxylation is 2. The van der Waals surface area contributed by atoms with E-state index in [9.17, 15) is 4.39 Å². The summed E-state index contributed by atoms with van der Waals surface area (Å²) in [5, 5.41) is 4.36. The predicted octanol–water partition coefficient (Wildman–Crippen LogP) is 3.25. The van der Waals surface area contributed by atoms with Crippen LogP contribution in [0.3, 0.4) is 0 Å². The van der Waals surface area contributed by atoms with Crippen LogP contribution in [0.25, 0.3) is 16.9 Å². The number of hydrogen-bond donors (Lipinski definition) is 0. The first-order chi connectivity index (χ1) is 9.54. The van der Waals surface area contributed by atoms with Crippen molar-refractivity contribution in [2.45, 2.75) is 19.7 Å². The molecule has 0 unspecified atom stereocenters. The fourth-order valence-corrected chi connectivity index (χ4v) is 2.68. The first kappa shape index (κ1) is 13.1. The molecule has 2 aromatic heterocycles. The minimum atomic E-state index is -0.247. The standard InChI is InChI=1S/C14H14ClFN4/c1-8-10(16)5-4-6-11(8)20-12(7-15)17-13-9(2)18-19(3)14(13)20/h4-6H,7H2,1-3H3. The lowest BCUT2D eigenvalue weighted by molar-refractivity contribution is 0.616. The largest absolute Gasteiger partial charge is 0.280 e. The molecule has 0 radical (unpaired) electrons. The number of imidazole rings is 1. The zero-order valence-corrected chi connectivity index (χ0v) is 12.2. The van der Waals surface area contributed by atoms with Crippen LogP contribution in [0.2, 0.25) is 0 Å². The summed E-state index contributed by atoms with van der Waals surface area (Å²) in [4.78, 5) is 4.52. The van der Waals surface area contributed by atoms with Gasteiger partial charge in [0.2, 0.25) is 0 Å². The van der Waals surface area contributed by atoms with Gasteiger partial charge in [-0.05, 0) is 26.0 Å². The van der Waals surface area contributed by atoms with Crippen molar-refractivity contribution in [2.75, 3.05) is 0 Å². The predicted molar refractivity (Wildman–Crippen MR) is 76.8 cm³/mol. The smallest absolute Gasteiger partial charge is 0.163 e. The van der Waals surface area contributed by atoms with Gasteiger partial charge in [-0.25, -0.2) is 14.1 Å². The van der Waals surface area contributed by atoms with Crippen molar-refractivity contribution in [2.24, 2.45) is 7.05 Å². The van der Waals surface area contributed by atoms with E-state index in [0.29, 0.717) is 11.4 Å². The Balaban J connectivity index is 2.43.